The van der Waals surface area contributed by atoms with Gasteiger partial charge in [0, 0.05) is 18.2 Å². The van der Waals surface area contributed by atoms with Crippen molar-refractivity contribution in [3.05, 3.63) is 33.9 Å². The van der Waals surface area contributed by atoms with Crippen LogP contribution >= 0.6 is 0 Å². The van der Waals surface area contributed by atoms with E-state index in [1.807, 2.05) is 0 Å². The largest absolute Gasteiger partial charge is 0.409 e. The van der Waals surface area contributed by atoms with Crippen LogP contribution in [0.25, 0.3) is 0 Å². The van der Waals surface area contributed by atoms with Crippen molar-refractivity contribution in [1.29, 1.82) is 5.26 Å². The Kier molecular flexibility index (Phi) is 3.43. The summed E-state index contributed by atoms with van der Waals surface area (Å²) in [5, 5.41) is 34.3. The van der Waals surface area contributed by atoms with Gasteiger partial charge in [0.2, 0.25) is 0 Å². The molecule has 8 heteroatoms. The van der Waals surface area contributed by atoms with Crippen molar-refractivity contribution in [2.75, 3.05) is 11.9 Å². The molecule has 4 N–H and O–H groups in total. The van der Waals surface area contributed by atoms with Gasteiger partial charge in [0.1, 0.15) is 5.69 Å². The van der Waals surface area contributed by atoms with Gasteiger partial charge in [0.15, 0.2) is 5.84 Å². The van der Waals surface area contributed by atoms with Crippen LogP contribution in [-0.4, -0.2) is 22.5 Å². The minimum Gasteiger partial charge on any atom is -0.409 e. The minimum atomic E-state index is -0.553. The number of nitriles is 1. The first-order chi connectivity index (χ1) is 9.51. The van der Waals surface area contributed by atoms with Crippen molar-refractivity contribution in [3.63, 3.8) is 0 Å². The second-order valence-electron chi connectivity index (χ2n) is 4.72. The van der Waals surface area contributed by atoms with E-state index in [2.05, 4.69) is 16.5 Å². The maximum atomic E-state index is 11.1. The number of nitro groups is 1. The second-order valence-corrected chi connectivity index (χ2v) is 4.72. The number of anilines is 1. The number of amidine groups is 1. The first-order valence-corrected chi connectivity index (χ1v) is 5.93. The molecule has 20 heavy (non-hydrogen) atoms. The molecule has 1 aromatic carbocycles. The van der Waals surface area contributed by atoms with Gasteiger partial charge < -0.3 is 16.3 Å². The summed E-state index contributed by atoms with van der Waals surface area (Å²) in [6, 6.07) is 6.43. The lowest BCUT2D eigenvalue weighted by atomic mass is 10.1. The van der Waals surface area contributed by atoms with Gasteiger partial charge in [-0.15, -0.1) is 0 Å². The van der Waals surface area contributed by atoms with Crippen molar-refractivity contribution in [3.8, 4) is 6.07 Å². The fourth-order valence-corrected chi connectivity index (χ4v) is 1.79. The van der Waals surface area contributed by atoms with Crippen LogP contribution in [0.5, 0.6) is 0 Å². The van der Waals surface area contributed by atoms with Crippen LogP contribution in [0.1, 0.15) is 18.4 Å². The van der Waals surface area contributed by atoms with E-state index >= 15 is 0 Å². The number of oxime groups is 1. The molecule has 8 nitrogen and oxygen atoms in total. The van der Waals surface area contributed by atoms with Gasteiger partial charge in [-0.1, -0.05) is 5.16 Å². The van der Waals surface area contributed by atoms with Gasteiger partial charge in [0.25, 0.3) is 5.69 Å². The topological polar surface area (TPSA) is 138 Å². The lowest BCUT2D eigenvalue weighted by Crippen LogP contribution is -2.16. The summed E-state index contributed by atoms with van der Waals surface area (Å²) in [4.78, 5) is 10.5. The molecule has 0 amide bonds. The molecule has 0 unspecified atom stereocenters. The number of nitro benzene ring substituents is 1. The molecule has 0 heterocycles. The third kappa shape index (κ3) is 2.61. The molecule has 1 aromatic rings. The van der Waals surface area contributed by atoms with Crippen molar-refractivity contribution >= 4 is 17.2 Å². The van der Waals surface area contributed by atoms with E-state index in [1.165, 1.54) is 18.2 Å². The molecule has 0 atom stereocenters. The van der Waals surface area contributed by atoms with Crippen molar-refractivity contribution in [2.24, 2.45) is 16.3 Å². The summed E-state index contributed by atoms with van der Waals surface area (Å²) in [5.74, 6) is -0.199. The summed E-state index contributed by atoms with van der Waals surface area (Å²) in [7, 11) is 0. The van der Waals surface area contributed by atoms with Crippen LogP contribution in [0, 0.1) is 26.9 Å². The van der Waals surface area contributed by atoms with Gasteiger partial charge in [-0.05, 0) is 25.0 Å². The van der Waals surface area contributed by atoms with Crippen LogP contribution in [0.4, 0.5) is 11.4 Å². The van der Waals surface area contributed by atoms with Crippen molar-refractivity contribution in [1.82, 2.24) is 0 Å². The number of nitrogens with zero attached hydrogens (tertiary/aromatic N) is 3. The molecule has 0 radical (unpaired) electrons. The molecule has 1 saturated carbocycles. The highest BCUT2D eigenvalue weighted by Gasteiger charge is 2.43. The van der Waals surface area contributed by atoms with Gasteiger partial charge in [-0.3, -0.25) is 10.1 Å². The number of nitrogens with two attached hydrogens (primary N) is 1. The van der Waals surface area contributed by atoms with Gasteiger partial charge >= 0.3 is 0 Å². The molecule has 0 aromatic heterocycles. The summed E-state index contributed by atoms with van der Waals surface area (Å²) in [6.45, 7) is 0.368. The molecule has 1 aliphatic carbocycles. The van der Waals surface area contributed by atoms with Crippen LogP contribution in [0.2, 0.25) is 0 Å². The average molecular weight is 275 g/mol. The summed E-state index contributed by atoms with van der Waals surface area (Å²) >= 11 is 0. The highest BCUT2D eigenvalue weighted by molar-refractivity contribution is 5.98. The van der Waals surface area contributed by atoms with E-state index in [4.69, 9.17) is 16.2 Å². The number of hydrogen-bond donors (Lipinski definition) is 3. The van der Waals surface area contributed by atoms with E-state index in [1.54, 1.807) is 0 Å². The zero-order valence-electron chi connectivity index (χ0n) is 10.5. The van der Waals surface area contributed by atoms with E-state index in [-0.39, 0.29) is 17.1 Å². The molecule has 104 valence electrons. The Hall–Kier alpha value is -2.82. The first kappa shape index (κ1) is 13.6. The van der Waals surface area contributed by atoms with Crippen LogP contribution in [0.3, 0.4) is 0 Å². The Labute approximate surface area is 114 Å². The highest BCUT2D eigenvalue weighted by Crippen LogP contribution is 2.45. The molecular weight excluding hydrogens is 262 g/mol. The molecule has 0 aliphatic heterocycles. The maximum Gasteiger partial charge on any atom is 0.293 e. The lowest BCUT2D eigenvalue weighted by Gasteiger charge is -2.10. The molecule has 0 spiro atoms. The number of hydrogen-bond acceptors (Lipinski definition) is 6. The first-order valence-electron chi connectivity index (χ1n) is 5.93. The quantitative estimate of drug-likeness (QED) is 0.244. The molecule has 1 fully saturated rings. The van der Waals surface area contributed by atoms with Crippen molar-refractivity contribution < 1.29 is 10.1 Å². The molecule has 1 aliphatic rings. The van der Waals surface area contributed by atoms with Crippen LogP contribution in [-0.2, 0) is 0 Å². The van der Waals surface area contributed by atoms with E-state index < -0.39 is 10.3 Å². The summed E-state index contributed by atoms with van der Waals surface area (Å²) in [6.07, 6.45) is 1.60. The Morgan fingerprint density at radius 1 is 1.65 bits per heavy atom. The SMILES string of the molecule is N#CC1(CNc2ccc(C(N)=NO)cc2[N+](=O)[O-])CC1. The van der Waals surface area contributed by atoms with Crippen LogP contribution in [0.15, 0.2) is 23.4 Å². The van der Waals surface area contributed by atoms with E-state index in [9.17, 15) is 10.1 Å². The molecule has 2 rings (SSSR count). The fraction of sp³-hybridized carbons (Fsp3) is 0.333. The Balaban J connectivity index is 2.24. The minimum absolute atomic E-state index is 0.178. The maximum absolute atomic E-state index is 11.1. The number of nitrogens with one attached hydrogen (secondary N) is 1. The Bertz CT molecular complexity index is 616. The molecular formula is C12H13N5O3. The lowest BCUT2D eigenvalue weighted by molar-refractivity contribution is -0.384. The standard InChI is InChI=1S/C12H13N5O3/c13-6-12(3-4-12)7-15-9-2-1-8(11(14)16-18)5-10(9)17(19)20/h1-2,5,15,18H,3-4,7H2,(H2,14,16). The fourth-order valence-electron chi connectivity index (χ4n) is 1.79. The Morgan fingerprint density at radius 3 is 2.85 bits per heavy atom. The van der Waals surface area contributed by atoms with E-state index in [0.29, 0.717) is 12.2 Å². The second kappa shape index (κ2) is 5.05. The number of benzene rings is 1. The monoisotopic (exact) mass is 275 g/mol. The zero-order valence-corrected chi connectivity index (χ0v) is 10.5. The van der Waals surface area contributed by atoms with Gasteiger partial charge in [0.05, 0.1) is 16.4 Å². The predicted octanol–water partition coefficient (Wildman–Crippen LogP) is 1.40. The number of rotatable bonds is 5. The zero-order chi connectivity index (χ0) is 14.8. The normalized spacial score (nSPS) is 16.2. The molecule has 0 saturated heterocycles. The Morgan fingerprint density at radius 2 is 2.35 bits per heavy atom. The van der Waals surface area contributed by atoms with Crippen molar-refractivity contribution in [2.45, 2.75) is 12.8 Å². The van der Waals surface area contributed by atoms with E-state index in [0.717, 1.165) is 12.8 Å². The molecule has 0 bridgehead atoms. The average Bonchev–Trinajstić information content (AvgIpc) is 3.24. The highest BCUT2D eigenvalue weighted by atomic mass is 16.6. The summed E-state index contributed by atoms with van der Waals surface area (Å²) in [5.41, 5.74) is 5.39. The predicted molar refractivity (Wildman–Crippen MR) is 71.4 cm³/mol. The van der Waals surface area contributed by atoms with Gasteiger partial charge in [-0.25, -0.2) is 0 Å². The summed E-state index contributed by atoms with van der Waals surface area (Å²) < 4.78 is 0. The third-order valence-corrected chi connectivity index (χ3v) is 3.31. The smallest absolute Gasteiger partial charge is 0.293 e. The third-order valence-electron chi connectivity index (χ3n) is 3.31. The van der Waals surface area contributed by atoms with Gasteiger partial charge in [-0.2, -0.15) is 5.26 Å². The van der Waals surface area contributed by atoms with Crippen LogP contribution < -0.4 is 11.1 Å².